The number of amidine groups is 1. The lowest BCUT2D eigenvalue weighted by atomic mass is 9.82. The molecule has 1 aliphatic heterocycles. The van der Waals surface area contributed by atoms with Crippen molar-refractivity contribution in [3.8, 4) is 17.2 Å². The maximum atomic E-state index is 12.0. The number of carbonyl (C=O) groups is 3. The van der Waals surface area contributed by atoms with E-state index in [1.54, 1.807) is 50.4 Å². The molecule has 0 aromatic heterocycles. The summed E-state index contributed by atoms with van der Waals surface area (Å²) in [6.45, 7) is 17.5. The summed E-state index contributed by atoms with van der Waals surface area (Å²) in [6, 6.07) is 27.4. The predicted octanol–water partition coefficient (Wildman–Crippen LogP) is 9.44. The van der Waals surface area contributed by atoms with Crippen LogP contribution in [0.1, 0.15) is 91.2 Å². The lowest BCUT2D eigenvalue weighted by molar-refractivity contribution is -0.152. The number of nitrogens with one attached hydrogen (secondary N) is 2. The van der Waals surface area contributed by atoms with Crippen molar-refractivity contribution in [1.82, 2.24) is 10.6 Å². The van der Waals surface area contributed by atoms with E-state index in [1.807, 2.05) is 55.5 Å². The number of hydrogen-bond acceptors (Lipinski definition) is 8. The molecule has 0 spiro atoms. The Bertz CT molecular complexity index is 2350. The third-order valence-electron chi connectivity index (χ3n) is 10.4. The fourth-order valence-electron chi connectivity index (χ4n) is 6.46. The molecule has 0 fully saturated rings. The van der Waals surface area contributed by atoms with Crippen LogP contribution in [0.5, 0.6) is 17.2 Å². The molecule has 0 unspecified atom stereocenters. The zero-order valence-electron chi connectivity index (χ0n) is 36.5. The van der Waals surface area contributed by atoms with Crippen molar-refractivity contribution in [1.29, 1.82) is 0 Å². The molecule has 1 heterocycles. The van der Waals surface area contributed by atoms with Gasteiger partial charge in [0.15, 0.2) is 5.60 Å². The molecule has 6 rings (SSSR count). The normalized spacial score (nSPS) is 12.7. The first-order valence-electron chi connectivity index (χ1n) is 20.2. The van der Waals surface area contributed by atoms with Crippen LogP contribution in [-0.2, 0) is 27.8 Å². The summed E-state index contributed by atoms with van der Waals surface area (Å²) >= 11 is 5.80. The second kappa shape index (κ2) is 20.9. The van der Waals surface area contributed by atoms with Crippen LogP contribution >= 0.6 is 11.6 Å². The summed E-state index contributed by atoms with van der Waals surface area (Å²) in [5.74, 6) is 0.291. The molecule has 0 radical (unpaired) electrons. The lowest BCUT2D eigenvalue weighted by Gasteiger charge is -2.24. The number of aromatic hydroxyl groups is 1. The topological polar surface area (TPSA) is 167 Å². The molecule has 5 N–H and O–H groups in total. The van der Waals surface area contributed by atoms with E-state index in [0.29, 0.717) is 35.1 Å². The molecular formula is C49H58ClN3O8. The highest BCUT2D eigenvalue weighted by Crippen LogP contribution is 2.36. The third-order valence-corrected chi connectivity index (χ3v) is 10.6. The number of carbonyl (C=O) groups excluding carboxylic acids is 1. The van der Waals surface area contributed by atoms with Crippen molar-refractivity contribution in [3.63, 3.8) is 0 Å². The number of rotatable bonds is 12. The van der Waals surface area contributed by atoms with Crippen LogP contribution in [0.3, 0.4) is 0 Å². The Kier molecular flexibility index (Phi) is 16.3. The number of aryl methyl sites for hydroxylation is 1. The number of ether oxygens (including phenoxy) is 2. The summed E-state index contributed by atoms with van der Waals surface area (Å²) in [4.78, 5) is 38.4. The first-order valence-corrected chi connectivity index (χ1v) is 20.5. The van der Waals surface area contributed by atoms with Crippen LogP contribution in [0.15, 0.2) is 96.0 Å². The Morgan fingerprint density at radius 3 is 2.07 bits per heavy atom. The minimum Gasteiger partial charge on any atom is -0.507 e. The maximum Gasteiger partial charge on any atom is 0.347 e. The van der Waals surface area contributed by atoms with E-state index in [4.69, 9.17) is 31.3 Å². The van der Waals surface area contributed by atoms with Crippen LogP contribution in [0, 0.1) is 13.8 Å². The molecule has 12 heteroatoms. The highest BCUT2D eigenvalue weighted by atomic mass is 35.5. The number of aliphatic imine (C=N–C) groups is 1. The zero-order chi connectivity index (χ0) is 45.1. The molecule has 0 aliphatic carbocycles. The van der Waals surface area contributed by atoms with Gasteiger partial charge in [-0.05, 0) is 139 Å². The Morgan fingerprint density at radius 1 is 0.869 bits per heavy atom. The highest BCUT2D eigenvalue weighted by molar-refractivity contribution is 6.30. The number of phenols is 1. The Hall–Kier alpha value is -6.07. The van der Waals surface area contributed by atoms with Gasteiger partial charge >= 0.3 is 11.9 Å². The fraction of sp³-hybridized carbons (Fsp3) is 0.347. The first-order chi connectivity index (χ1) is 28.7. The summed E-state index contributed by atoms with van der Waals surface area (Å²) in [7, 11) is 1.63. The van der Waals surface area contributed by atoms with Crippen molar-refractivity contribution in [2.75, 3.05) is 26.7 Å². The van der Waals surface area contributed by atoms with Gasteiger partial charge in [-0.3, -0.25) is 14.6 Å². The number of aliphatic carboxylic acids is 2. The smallest absolute Gasteiger partial charge is 0.347 e. The van der Waals surface area contributed by atoms with Crippen LogP contribution in [-0.4, -0.2) is 71.3 Å². The number of hydrogen-bond donors (Lipinski definition) is 5. The largest absolute Gasteiger partial charge is 0.507 e. The van der Waals surface area contributed by atoms with Crippen LogP contribution in [0.25, 0.3) is 10.8 Å². The summed E-state index contributed by atoms with van der Waals surface area (Å²) < 4.78 is 10.6. The number of methoxy groups -OCH3 is 1. The van der Waals surface area contributed by atoms with E-state index in [2.05, 4.69) is 49.4 Å². The van der Waals surface area contributed by atoms with Gasteiger partial charge < -0.3 is 35.4 Å². The van der Waals surface area contributed by atoms with Gasteiger partial charge in [0.2, 0.25) is 0 Å². The lowest BCUT2D eigenvalue weighted by Crippen LogP contribution is -2.37. The Balaban J connectivity index is 0.000000206. The Morgan fingerprint density at radius 2 is 1.49 bits per heavy atom. The van der Waals surface area contributed by atoms with E-state index in [1.165, 1.54) is 25.0 Å². The molecule has 0 bridgehead atoms. The molecule has 5 aromatic rings. The molecule has 5 aromatic carbocycles. The van der Waals surface area contributed by atoms with Crippen LogP contribution < -0.4 is 20.1 Å². The van der Waals surface area contributed by atoms with E-state index >= 15 is 0 Å². The van der Waals surface area contributed by atoms with Gasteiger partial charge in [0.05, 0.1) is 19.6 Å². The summed E-state index contributed by atoms with van der Waals surface area (Å²) in [5, 5.41) is 37.3. The van der Waals surface area contributed by atoms with Crippen LogP contribution in [0.2, 0.25) is 5.02 Å². The zero-order valence-corrected chi connectivity index (χ0v) is 37.2. The highest BCUT2D eigenvalue weighted by Gasteiger charge is 2.29. The minimum absolute atomic E-state index is 0.0404. The molecule has 0 saturated heterocycles. The van der Waals surface area contributed by atoms with Crippen molar-refractivity contribution in [2.45, 2.75) is 85.2 Å². The third kappa shape index (κ3) is 13.5. The monoisotopic (exact) mass is 851 g/mol. The molecule has 61 heavy (non-hydrogen) atoms. The van der Waals surface area contributed by atoms with Gasteiger partial charge in [0.25, 0.3) is 5.91 Å². The molecule has 1 amide bonds. The van der Waals surface area contributed by atoms with Crippen molar-refractivity contribution >= 4 is 46.1 Å². The SMILES string of the molecule is CC(C)(Oc1ccc(CCNC(=O)c2ccc(Cl)cc2)cc1)C(=O)O.COc1ccc2cc([C@H](C)C(=O)O)ccc2c1.Cc1cc(C(C)(C)C)c(O)c(C)c1CC1=NCCN1. The van der Waals surface area contributed by atoms with Gasteiger partial charge in [-0.25, -0.2) is 4.79 Å². The first kappa shape index (κ1) is 47.6. The number of carboxylic acids is 2. The standard InChI is InChI=1S/C19H20ClNO4.C16H24N2O.C14H14O3/c1-19(2,18(23)24)25-16-9-3-13(4-10-16)11-12-21-17(22)14-5-7-15(20)8-6-14;1-10-8-13(16(3,4)5)15(19)11(2)12(10)9-14-17-6-7-18-14;1-9(14(15)16)10-3-4-12-8-13(17-2)6-5-11(12)7-10/h3-10H,11-12H2,1-2H3,(H,21,22)(H,23,24);8,19H,6-7,9H2,1-5H3,(H,17,18);3-9H,1-2H3,(H,15,16)/t;;9-/m..0/s1. The molecule has 11 nitrogen and oxygen atoms in total. The Labute approximate surface area is 363 Å². The molecule has 1 atom stereocenters. The van der Waals surface area contributed by atoms with E-state index < -0.39 is 23.5 Å². The van der Waals surface area contributed by atoms with E-state index in [0.717, 1.165) is 64.1 Å². The van der Waals surface area contributed by atoms with E-state index in [9.17, 15) is 19.5 Å². The van der Waals surface area contributed by atoms with Gasteiger partial charge in [-0.15, -0.1) is 0 Å². The van der Waals surface area contributed by atoms with Gasteiger partial charge in [0, 0.05) is 30.1 Å². The van der Waals surface area contributed by atoms with Gasteiger partial charge in [0.1, 0.15) is 23.1 Å². The summed E-state index contributed by atoms with van der Waals surface area (Å²) in [5.41, 5.74) is 5.50. The molecule has 1 aliphatic rings. The minimum atomic E-state index is -1.28. The summed E-state index contributed by atoms with van der Waals surface area (Å²) in [6.07, 6.45) is 1.44. The quantitative estimate of drug-likeness (QED) is 0.0822. The van der Waals surface area contributed by atoms with Gasteiger partial charge in [-0.1, -0.05) is 74.8 Å². The second-order valence-corrected chi connectivity index (χ2v) is 16.9. The number of fused-ring (bicyclic) bond motifs is 1. The average molecular weight is 852 g/mol. The van der Waals surface area contributed by atoms with Crippen molar-refractivity contribution in [3.05, 3.63) is 135 Å². The number of phenolic OH excluding ortho intramolecular Hbond substituents is 1. The van der Waals surface area contributed by atoms with Gasteiger partial charge in [-0.2, -0.15) is 0 Å². The van der Waals surface area contributed by atoms with Crippen molar-refractivity contribution < 1.29 is 39.2 Å². The number of amides is 1. The number of carboxylic acid groups (broad SMARTS) is 2. The number of halogens is 1. The maximum absolute atomic E-state index is 12.0. The molecule has 324 valence electrons. The van der Waals surface area contributed by atoms with E-state index in [-0.39, 0.29) is 11.3 Å². The average Bonchev–Trinajstić information content (AvgIpc) is 3.74. The van der Waals surface area contributed by atoms with Crippen LogP contribution in [0.4, 0.5) is 0 Å². The second-order valence-electron chi connectivity index (χ2n) is 16.5. The predicted molar refractivity (Wildman–Crippen MR) is 243 cm³/mol. The number of benzene rings is 5. The molecular weight excluding hydrogens is 794 g/mol. The number of nitrogens with zero attached hydrogens (tertiary/aromatic N) is 1. The fourth-order valence-corrected chi connectivity index (χ4v) is 6.58. The van der Waals surface area contributed by atoms with Crippen molar-refractivity contribution in [2.24, 2.45) is 4.99 Å². The molecule has 0 saturated carbocycles.